The van der Waals surface area contributed by atoms with E-state index in [2.05, 4.69) is 30.7 Å². The molecule has 1 atom stereocenters. The number of hydrogen-bond donors (Lipinski definition) is 2. The van der Waals surface area contributed by atoms with Crippen molar-refractivity contribution in [1.29, 1.82) is 0 Å². The smallest absolute Gasteiger partial charge is 0.337 e. The number of aromatic nitrogens is 2. The summed E-state index contributed by atoms with van der Waals surface area (Å²) in [6, 6.07) is 7.52. The molecule has 0 radical (unpaired) electrons. The Balaban J connectivity index is 2.31. The molecule has 0 amide bonds. The molecular weight excluding hydrogens is 376 g/mol. The third-order valence-corrected chi connectivity index (χ3v) is 6.03. The van der Waals surface area contributed by atoms with Gasteiger partial charge in [0.1, 0.15) is 0 Å². The fraction of sp³-hybridized carbons (Fsp3) is 0.360. The van der Waals surface area contributed by atoms with Gasteiger partial charge in [-0.1, -0.05) is 19.1 Å². The van der Waals surface area contributed by atoms with Crippen LogP contribution in [0.3, 0.4) is 0 Å². The molecule has 1 aromatic carbocycles. The average Bonchev–Trinajstić information content (AvgIpc) is 3.16. The van der Waals surface area contributed by atoms with Gasteiger partial charge in [-0.3, -0.25) is 4.79 Å². The Hall–Kier alpha value is -3.08. The summed E-state index contributed by atoms with van der Waals surface area (Å²) in [4.78, 5) is 31.5. The molecule has 2 N–H and O–H groups in total. The molecule has 5 heteroatoms. The quantitative estimate of drug-likeness (QED) is 0.430. The van der Waals surface area contributed by atoms with Gasteiger partial charge in [0, 0.05) is 28.3 Å². The third kappa shape index (κ3) is 3.60. The number of benzene rings is 1. The van der Waals surface area contributed by atoms with Crippen molar-refractivity contribution in [3.8, 4) is 0 Å². The highest BCUT2D eigenvalue weighted by molar-refractivity contribution is 5.97. The average molecular weight is 407 g/mol. The third-order valence-electron chi connectivity index (χ3n) is 6.03. The number of H-pyrrole nitrogens is 2. The summed E-state index contributed by atoms with van der Waals surface area (Å²) in [5.74, 6) is -0.489. The van der Waals surface area contributed by atoms with Gasteiger partial charge in [0.05, 0.1) is 18.6 Å². The van der Waals surface area contributed by atoms with Crippen molar-refractivity contribution in [1.82, 2.24) is 9.97 Å². The first-order chi connectivity index (χ1) is 14.2. The van der Waals surface area contributed by atoms with Crippen LogP contribution in [0.4, 0.5) is 0 Å². The summed E-state index contributed by atoms with van der Waals surface area (Å²) >= 11 is 0. The summed E-state index contributed by atoms with van der Waals surface area (Å²) in [7, 11) is 1.39. The van der Waals surface area contributed by atoms with Crippen LogP contribution in [0.5, 0.6) is 0 Å². The fourth-order valence-electron chi connectivity index (χ4n) is 4.67. The molecule has 0 saturated carbocycles. The zero-order chi connectivity index (χ0) is 22.2. The molecule has 0 fully saturated rings. The van der Waals surface area contributed by atoms with Crippen LogP contribution < -0.4 is 0 Å². The van der Waals surface area contributed by atoms with Gasteiger partial charge in [0.2, 0.25) is 0 Å². The van der Waals surface area contributed by atoms with Crippen molar-refractivity contribution in [2.75, 3.05) is 7.11 Å². The number of nitrogens with one attached hydrogen (secondary N) is 2. The Morgan fingerprint density at radius 2 is 1.63 bits per heavy atom. The Morgan fingerprint density at radius 3 is 2.17 bits per heavy atom. The minimum atomic E-state index is -0.368. The second-order valence-electron chi connectivity index (χ2n) is 7.89. The molecule has 158 valence electrons. The number of hydrogen-bond acceptors (Lipinski definition) is 3. The molecule has 5 nitrogen and oxygen atoms in total. The lowest BCUT2D eigenvalue weighted by Crippen LogP contribution is -2.10. The van der Waals surface area contributed by atoms with E-state index < -0.39 is 0 Å². The van der Waals surface area contributed by atoms with Crippen molar-refractivity contribution < 1.29 is 14.3 Å². The molecule has 1 unspecified atom stereocenters. The largest absolute Gasteiger partial charge is 0.465 e. The summed E-state index contributed by atoms with van der Waals surface area (Å²) in [5.41, 5.74) is 9.69. The Kier molecular flexibility index (Phi) is 6.01. The number of rotatable bonds is 6. The number of carbonyl (C=O) groups is 2. The number of carbonyl (C=O) groups excluding carboxylic acids is 2. The van der Waals surface area contributed by atoms with Crippen LogP contribution in [-0.4, -0.2) is 28.8 Å². The predicted octanol–water partition coefficient (Wildman–Crippen LogP) is 5.31. The van der Waals surface area contributed by atoms with Crippen molar-refractivity contribution in [2.24, 2.45) is 0 Å². The Bertz CT molecular complexity index is 1120. The lowest BCUT2D eigenvalue weighted by molar-refractivity contribution is 0.0600. The summed E-state index contributed by atoms with van der Waals surface area (Å²) < 4.78 is 4.93. The molecule has 2 heterocycles. The van der Waals surface area contributed by atoms with E-state index in [9.17, 15) is 9.59 Å². The molecule has 0 aliphatic carbocycles. The molecule has 0 bridgehead atoms. The van der Waals surface area contributed by atoms with Gasteiger partial charge in [-0.05, 0) is 75.4 Å². The van der Waals surface area contributed by atoms with E-state index in [1.54, 1.807) is 13.0 Å². The van der Waals surface area contributed by atoms with Gasteiger partial charge in [-0.25, -0.2) is 4.79 Å². The van der Waals surface area contributed by atoms with Crippen molar-refractivity contribution in [3.63, 3.8) is 0 Å². The van der Waals surface area contributed by atoms with Crippen molar-refractivity contribution in [2.45, 2.75) is 53.9 Å². The van der Waals surface area contributed by atoms with E-state index in [4.69, 9.17) is 4.74 Å². The highest BCUT2D eigenvalue weighted by Gasteiger charge is 2.28. The molecule has 2 aromatic heterocycles. The minimum Gasteiger partial charge on any atom is -0.465 e. The fourth-order valence-corrected chi connectivity index (χ4v) is 4.67. The molecule has 30 heavy (non-hydrogen) atoms. The monoisotopic (exact) mass is 406 g/mol. The number of aromatic amines is 2. The first kappa shape index (κ1) is 21.6. The number of methoxy groups -OCH3 is 1. The highest BCUT2D eigenvalue weighted by atomic mass is 16.5. The van der Waals surface area contributed by atoms with Gasteiger partial charge < -0.3 is 14.7 Å². The van der Waals surface area contributed by atoms with Crippen LogP contribution in [0.1, 0.15) is 85.5 Å². The first-order valence-electron chi connectivity index (χ1n) is 10.3. The van der Waals surface area contributed by atoms with Crippen LogP contribution in [0.2, 0.25) is 0 Å². The van der Waals surface area contributed by atoms with E-state index >= 15 is 0 Å². The van der Waals surface area contributed by atoms with E-state index in [0.29, 0.717) is 5.56 Å². The molecule has 3 aromatic rings. The maximum absolute atomic E-state index is 12.3. The van der Waals surface area contributed by atoms with Crippen LogP contribution in [-0.2, 0) is 11.2 Å². The molecule has 0 aliphatic rings. The minimum absolute atomic E-state index is 0.0446. The Morgan fingerprint density at radius 1 is 1.00 bits per heavy atom. The lowest BCUT2D eigenvalue weighted by Gasteiger charge is -2.19. The van der Waals surface area contributed by atoms with E-state index in [1.165, 1.54) is 18.2 Å². The number of ketones is 1. The summed E-state index contributed by atoms with van der Waals surface area (Å²) in [6.07, 6.45) is 0.935. The molecule has 0 spiro atoms. The van der Waals surface area contributed by atoms with Gasteiger partial charge in [-0.15, -0.1) is 0 Å². The lowest BCUT2D eigenvalue weighted by atomic mass is 9.86. The van der Waals surface area contributed by atoms with E-state index in [1.807, 2.05) is 32.0 Å². The standard InChI is InChI=1S/C25H30N2O3/c1-8-20-13(2)23(26-15(20)4)22(18-10-9-11-19(12-18)25(29)30-7)24-14(3)21(17(6)28)16(5)27-24/h9-12,22,26-27H,8H2,1-7H3. The number of Topliss-reactive ketones (excluding diaryl/α,β-unsaturated/α-hetero) is 1. The Labute approximate surface area is 177 Å². The van der Waals surface area contributed by atoms with Crippen LogP contribution in [0.25, 0.3) is 0 Å². The zero-order valence-electron chi connectivity index (χ0n) is 18.8. The van der Waals surface area contributed by atoms with Crippen LogP contribution in [0, 0.1) is 27.7 Å². The SMILES string of the molecule is CCc1c(C)[nH]c(C(c2cccc(C(=O)OC)c2)c2[nH]c(C)c(C(C)=O)c2C)c1C. The van der Waals surface area contributed by atoms with Crippen molar-refractivity contribution in [3.05, 3.63) is 80.4 Å². The first-order valence-corrected chi connectivity index (χ1v) is 10.3. The van der Waals surface area contributed by atoms with Crippen LogP contribution in [0.15, 0.2) is 24.3 Å². The highest BCUT2D eigenvalue weighted by Crippen LogP contribution is 2.38. The molecule has 0 aliphatic heterocycles. The topological polar surface area (TPSA) is 75.0 Å². The van der Waals surface area contributed by atoms with E-state index in [0.717, 1.165) is 45.9 Å². The van der Waals surface area contributed by atoms with E-state index in [-0.39, 0.29) is 17.7 Å². The summed E-state index contributed by atoms with van der Waals surface area (Å²) in [5, 5.41) is 0. The predicted molar refractivity (Wildman–Crippen MR) is 119 cm³/mol. The number of esters is 1. The van der Waals surface area contributed by atoms with Crippen molar-refractivity contribution >= 4 is 11.8 Å². The summed E-state index contributed by atoms with van der Waals surface area (Å²) in [6.45, 7) is 11.9. The zero-order valence-corrected chi connectivity index (χ0v) is 18.8. The van der Waals surface area contributed by atoms with Crippen LogP contribution >= 0.6 is 0 Å². The molecule has 3 rings (SSSR count). The molecular formula is C25H30N2O3. The maximum Gasteiger partial charge on any atom is 0.337 e. The second kappa shape index (κ2) is 8.34. The van der Waals surface area contributed by atoms with Gasteiger partial charge in [0.15, 0.2) is 5.78 Å². The second-order valence-corrected chi connectivity index (χ2v) is 7.89. The van der Waals surface area contributed by atoms with Gasteiger partial charge >= 0.3 is 5.97 Å². The van der Waals surface area contributed by atoms with Gasteiger partial charge in [-0.2, -0.15) is 0 Å². The molecule has 0 saturated heterocycles. The number of aryl methyl sites for hydroxylation is 2. The van der Waals surface area contributed by atoms with Gasteiger partial charge in [0.25, 0.3) is 0 Å². The maximum atomic E-state index is 12.3. The number of ether oxygens (including phenoxy) is 1. The normalized spacial score (nSPS) is 12.1.